The lowest BCUT2D eigenvalue weighted by atomic mass is 10.1. The van der Waals surface area contributed by atoms with Crippen LogP contribution in [0.25, 0.3) is 0 Å². The molecule has 6 heteroatoms. The monoisotopic (exact) mass is 445 g/mol. The number of piperazine rings is 1. The Balaban J connectivity index is 1.29. The van der Waals surface area contributed by atoms with E-state index < -0.39 is 0 Å². The number of benzene rings is 2. The molecule has 0 aliphatic carbocycles. The Morgan fingerprint density at radius 2 is 1.63 bits per heavy atom. The highest BCUT2D eigenvalue weighted by molar-refractivity contribution is 6.42. The Hall–Kier alpha value is -1.59. The van der Waals surface area contributed by atoms with Crippen molar-refractivity contribution >= 4 is 29.1 Å². The predicted molar refractivity (Wildman–Crippen MR) is 123 cm³/mol. The zero-order chi connectivity index (χ0) is 21.1. The zero-order valence-electron chi connectivity index (χ0n) is 17.5. The molecule has 0 N–H and O–H groups in total. The summed E-state index contributed by atoms with van der Waals surface area (Å²) >= 11 is 12.2. The van der Waals surface area contributed by atoms with Crippen LogP contribution in [0.2, 0.25) is 10.0 Å². The van der Waals surface area contributed by atoms with Crippen LogP contribution in [-0.4, -0.2) is 65.9 Å². The molecule has 2 aromatic rings. The van der Waals surface area contributed by atoms with Gasteiger partial charge in [-0.3, -0.25) is 14.6 Å². The fraction of sp³-hybridized carbons (Fsp3) is 0.458. The number of carbonyl (C=O) groups is 1. The number of hydrogen-bond acceptors (Lipinski definition) is 3. The highest BCUT2D eigenvalue weighted by Gasteiger charge is 2.31. The Kier molecular flexibility index (Phi) is 6.99. The number of rotatable bonds is 5. The number of nitrogens with zero attached hydrogens (tertiary/aromatic N) is 3. The second-order valence-corrected chi connectivity index (χ2v) is 9.30. The molecule has 0 saturated carbocycles. The van der Waals surface area contributed by atoms with Crippen molar-refractivity contribution < 1.29 is 4.79 Å². The minimum Gasteiger partial charge on any atom is -0.334 e. The third-order valence-corrected chi connectivity index (χ3v) is 7.00. The maximum atomic E-state index is 13.0. The second-order valence-electron chi connectivity index (χ2n) is 8.49. The van der Waals surface area contributed by atoms with Gasteiger partial charge in [-0.1, -0.05) is 47.0 Å². The Morgan fingerprint density at radius 3 is 2.33 bits per heavy atom. The fourth-order valence-corrected chi connectivity index (χ4v) is 4.80. The summed E-state index contributed by atoms with van der Waals surface area (Å²) in [4.78, 5) is 20.1. The summed E-state index contributed by atoms with van der Waals surface area (Å²) in [7, 11) is 0. The van der Waals surface area contributed by atoms with Gasteiger partial charge in [-0.25, -0.2) is 0 Å². The van der Waals surface area contributed by atoms with Crippen LogP contribution in [-0.2, 0) is 6.54 Å². The number of aryl methyl sites for hydroxylation is 1. The average molecular weight is 446 g/mol. The van der Waals surface area contributed by atoms with E-state index in [4.69, 9.17) is 23.2 Å². The molecule has 2 aliphatic heterocycles. The SMILES string of the molecule is Cc1ccc(C(=O)N2CCC[C@@H]2CN2CCN(Cc3ccc(Cl)c(Cl)c3)CC2)cc1. The van der Waals surface area contributed by atoms with E-state index in [1.165, 1.54) is 11.1 Å². The van der Waals surface area contributed by atoms with Gasteiger partial charge in [0.25, 0.3) is 5.91 Å². The first kappa shape index (κ1) is 21.6. The highest BCUT2D eigenvalue weighted by Crippen LogP contribution is 2.24. The molecule has 0 spiro atoms. The quantitative estimate of drug-likeness (QED) is 0.665. The van der Waals surface area contributed by atoms with Crippen LogP contribution < -0.4 is 0 Å². The van der Waals surface area contributed by atoms with Gasteiger partial charge in [0.15, 0.2) is 0 Å². The van der Waals surface area contributed by atoms with Gasteiger partial charge < -0.3 is 4.90 Å². The standard InChI is InChI=1S/C24H29Cl2N3O/c1-18-4-7-20(8-5-18)24(30)29-10-2-3-21(29)17-28-13-11-27(12-14-28)16-19-6-9-22(25)23(26)15-19/h4-9,15,21H,2-3,10-14,16-17H2,1H3/t21-/m1/s1. The molecular formula is C24H29Cl2N3O. The summed E-state index contributed by atoms with van der Waals surface area (Å²) in [5.74, 6) is 0.177. The van der Waals surface area contributed by atoms with Gasteiger partial charge >= 0.3 is 0 Å². The van der Waals surface area contributed by atoms with Gasteiger partial charge in [-0.15, -0.1) is 0 Å². The summed E-state index contributed by atoms with van der Waals surface area (Å²) in [5, 5.41) is 1.22. The summed E-state index contributed by atoms with van der Waals surface area (Å²) < 4.78 is 0. The first-order chi connectivity index (χ1) is 14.5. The molecule has 2 fully saturated rings. The van der Waals surface area contributed by atoms with E-state index in [2.05, 4.69) is 14.7 Å². The van der Waals surface area contributed by atoms with Crippen LogP contribution in [0, 0.1) is 6.92 Å². The van der Waals surface area contributed by atoms with E-state index in [0.717, 1.165) is 64.2 Å². The molecule has 4 nitrogen and oxygen atoms in total. The second kappa shape index (κ2) is 9.69. The van der Waals surface area contributed by atoms with E-state index in [1.807, 2.05) is 49.4 Å². The number of likely N-dealkylation sites (tertiary alicyclic amines) is 1. The van der Waals surface area contributed by atoms with E-state index in [9.17, 15) is 4.79 Å². The Labute approximate surface area is 189 Å². The smallest absolute Gasteiger partial charge is 0.254 e. The predicted octanol–water partition coefficient (Wildman–Crippen LogP) is 4.72. The van der Waals surface area contributed by atoms with Gasteiger partial charge in [0.1, 0.15) is 0 Å². The van der Waals surface area contributed by atoms with Gasteiger partial charge in [0.2, 0.25) is 0 Å². The zero-order valence-corrected chi connectivity index (χ0v) is 19.0. The van der Waals surface area contributed by atoms with Crippen LogP contribution in [0.4, 0.5) is 0 Å². The van der Waals surface area contributed by atoms with E-state index in [1.54, 1.807) is 0 Å². The van der Waals surface area contributed by atoms with Crippen molar-refractivity contribution in [1.82, 2.24) is 14.7 Å². The van der Waals surface area contributed by atoms with Crippen molar-refractivity contribution in [1.29, 1.82) is 0 Å². The van der Waals surface area contributed by atoms with Crippen molar-refractivity contribution in [2.75, 3.05) is 39.3 Å². The van der Waals surface area contributed by atoms with Crippen LogP contribution >= 0.6 is 23.2 Å². The molecule has 2 aromatic carbocycles. The molecule has 1 amide bonds. The van der Waals surface area contributed by atoms with Gasteiger partial charge in [-0.2, -0.15) is 0 Å². The lowest BCUT2D eigenvalue weighted by Crippen LogP contribution is -2.50. The summed E-state index contributed by atoms with van der Waals surface area (Å²) in [6, 6.07) is 14.1. The van der Waals surface area contributed by atoms with Gasteiger partial charge in [0, 0.05) is 57.4 Å². The molecule has 30 heavy (non-hydrogen) atoms. The van der Waals surface area contributed by atoms with Gasteiger partial charge in [0.05, 0.1) is 10.0 Å². The lowest BCUT2D eigenvalue weighted by molar-refractivity contribution is 0.0647. The Morgan fingerprint density at radius 1 is 0.933 bits per heavy atom. The largest absolute Gasteiger partial charge is 0.334 e. The molecular weight excluding hydrogens is 417 g/mol. The maximum Gasteiger partial charge on any atom is 0.254 e. The molecule has 2 saturated heterocycles. The number of carbonyl (C=O) groups excluding carboxylic acids is 1. The lowest BCUT2D eigenvalue weighted by Gasteiger charge is -2.37. The average Bonchev–Trinajstić information content (AvgIpc) is 3.20. The number of hydrogen-bond donors (Lipinski definition) is 0. The minimum absolute atomic E-state index is 0.177. The van der Waals surface area contributed by atoms with Crippen molar-refractivity contribution in [2.45, 2.75) is 32.4 Å². The fourth-order valence-electron chi connectivity index (χ4n) is 4.48. The van der Waals surface area contributed by atoms with E-state index in [-0.39, 0.29) is 5.91 Å². The van der Waals surface area contributed by atoms with Crippen molar-refractivity contribution in [3.05, 3.63) is 69.2 Å². The van der Waals surface area contributed by atoms with Gasteiger partial charge in [-0.05, 0) is 49.6 Å². The first-order valence-corrected chi connectivity index (χ1v) is 11.5. The topological polar surface area (TPSA) is 26.8 Å². The number of amides is 1. The van der Waals surface area contributed by atoms with Crippen molar-refractivity contribution in [3.63, 3.8) is 0 Å². The van der Waals surface area contributed by atoms with Crippen molar-refractivity contribution in [3.8, 4) is 0 Å². The third-order valence-electron chi connectivity index (χ3n) is 6.26. The normalized spacial score (nSPS) is 20.6. The van der Waals surface area contributed by atoms with E-state index >= 15 is 0 Å². The van der Waals surface area contributed by atoms with Crippen LogP contribution in [0.5, 0.6) is 0 Å². The van der Waals surface area contributed by atoms with Crippen LogP contribution in [0.1, 0.15) is 34.3 Å². The Bertz CT molecular complexity index is 879. The molecule has 160 valence electrons. The summed E-state index contributed by atoms with van der Waals surface area (Å²) in [6.45, 7) is 8.90. The molecule has 0 aromatic heterocycles. The number of halogens is 2. The molecule has 4 rings (SSSR count). The minimum atomic E-state index is 0.177. The van der Waals surface area contributed by atoms with E-state index in [0.29, 0.717) is 16.1 Å². The molecule has 2 aliphatic rings. The molecule has 2 heterocycles. The first-order valence-electron chi connectivity index (χ1n) is 10.8. The molecule has 0 unspecified atom stereocenters. The summed E-state index contributed by atoms with van der Waals surface area (Å²) in [6.07, 6.45) is 2.20. The van der Waals surface area contributed by atoms with Crippen LogP contribution in [0.3, 0.4) is 0 Å². The molecule has 1 atom stereocenters. The maximum absolute atomic E-state index is 13.0. The molecule has 0 bridgehead atoms. The van der Waals surface area contributed by atoms with Crippen LogP contribution in [0.15, 0.2) is 42.5 Å². The summed E-state index contributed by atoms with van der Waals surface area (Å²) in [5.41, 5.74) is 3.19. The van der Waals surface area contributed by atoms with Crippen molar-refractivity contribution in [2.24, 2.45) is 0 Å². The molecule has 0 radical (unpaired) electrons. The highest BCUT2D eigenvalue weighted by atomic mass is 35.5. The third kappa shape index (κ3) is 5.17.